The van der Waals surface area contributed by atoms with Gasteiger partial charge in [-0.1, -0.05) is 20.8 Å². The average Bonchev–Trinajstić information content (AvgIpc) is 1.81. The molecule has 1 amide bonds. The van der Waals surface area contributed by atoms with Crippen LogP contribution in [-0.2, 0) is 4.79 Å². The Hall–Kier alpha value is -0.0600. The summed E-state index contributed by atoms with van der Waals surface area (Å²) < 4.78 is 1.01. The molecule has 0 spiro atoms. The van der Waals surface area contributed by atoms with Crippen LogP contribution in [0.3, 0.4) is 0 Å². The van der Waals surface area contributed by atoms with Crippen molar-refractivity contribution in [3.63, 3.8) is 0 Å². The van der Waals surface area contributed by atoms with Crippen molar-refractivity contribution in [2.75, 3.05) is 6.54 Å². The lowest BCUT2D eigenvalue weighted by atomic mass is 9.92. The third-order valence-corrected chi connectivity index (χ3v) is 1.82. The first-order valence-electron chi connectivity index (χ1n) is 4.43. The molecule has 1 N–H and O–H groups in total. The van der Waals surface area contributed by atoms with Crippen molar-refractivity contribution in [3.05, 3.63) is 9.66 Å². The molecule has 0 aliphatic carbocycles. The predicted octanol–water partition coefficient (Wildman–Crippen LogP) is 2.88. The highest BCUT2D eigenvalue weighted by molar-refractivity contribution is 14.1. The van der Waals surface area contributed by atoms with Gasteiger partial charge in [0, 0.05) is 12.6 Å². The fourth-order valence-corrected chi connectivity index (χ4v) is 1.08. The second-order valence-corrected chi connectivity index (χ2v) is 6.03. The summed E-state index contributed by atoms with van der Waals surface area (Å²) in [5.41, 5.74) is 0.288. The maximum absolute atomic E-state index is 11.1. The van der Waals surface area contributed by atoms with Crippen LogP contribution in [0.4, 0.5) is 0 Å². The van der Waals surface area contributed by atoms with Crippen LogP contribution >= 0.6 is 22.6 Å². The smallest absolute Gasteiger partial charge is 0.244 e. The summed E-state index contributed by atoms with van der Waals surface area (Å²) in [5.74, 6) is 0.0103. The van der Waals surface area contributed by atoms with Gasteiger partial charge in [0.15, 0.2) is 0 Å². The number of amides is 1. The highest BCUT2D eigenvalue weighted by atomic mass is 127. The molecule has 0 aromatic carbocycles. The fourth-order valence-electron chi connectivity index (χ4n) is 0.792. The molecular formula is C10H18INO. The number of halogens is 1. The normalized spacial score (nSPS) is 12.8. The number of hydrogen-bond donors (Lipinski definition) is 1. The number of nitrogens with one attached hydrogen (secondary N) is 1. The highest BCUT2D eigenvalue weighted by Crippen LogP contribution is 2.16. The molecule has 0 radical (unpaired) electrons. The Balaban J connectivity index is 3.67. The van der Waals surface area contributed by atoms with Crippen LogP contribution in [0.2, 0.25) is 0 Å². The number of hydrogen-bond acceptors (Lipinski definition) is 1. The molecule has 0 atom stereocenters. The van der Waals surface area contributed by atoms with Gasteiger partial charge in [0.05, 0.1) is 0 Å². The molecule has 0 bridgehead atoms. The van der Waals surface area contributed by atoms with Gasteiger partial charge in [0.2, 0.25) is 5.91 Å². The lowest BCUT2D eigenvalue weighted by molar-refractivity contribution is -0.116. The van der Waals surface area contributed by atoms with Crippen LogP contribution in [0.15, 0.2) is 9.66 Å². The predicted molar refractivity (Wildman–Crippen MR) is 64.9 cm³/mol. The Kier molecular flexibility index (Phi) is 5.60. The van der Waals surface area contributed by atoms with E-state index >= 15 is 0 Å². The Morgan fingerprint density at radius 2 is 2.00 bits per heavy atom. The third kappa shape index (κ3) is 9.86. The summed E-state index contributed by atoms with van der Waals surface area (Å²) in [7, 11) is 0. The SMILES string of the molecule is CC(I)=CC(=O)NCCC(C)(C)C. The average molecular weight is 295 g/mol. The zero-order valence-electron chi connectivity index (χ0n) is 8.78. The topological polar surface area (TPSA) is 29.1 Å². The van der Waals surface area contributed by atoms with Crippen molar-refractivity contribution in [1.29, 1.82) is 0 Å². The second-order valence-electron chi connectivity index (χ2n) is 4.33. The van der Waals surface area contributed by atoms with Crippen LogP contribution in [0.5, 0.6) is 0 Å². The van der Waals surface area contributed by atoms with E-state index in [1.54, 1.807) is 6.08 Å². The number of rotatable bonds is 3. The van der Waals surface area contributed by atoms with E-state index in [2.05, 4.69) is 48.7 Å². The summed E-state index contributed by atoms with van der Waals surface area (Å²) in [4.78, 5) is 11.1. The van der Waals surface area contributed by atoms with Crippen molar-refractivity contribution >= 4 is 28.5 Å². The van der Waals surface area contributed by atoms with E-state index in [1.165, 1.54) is 0 Å². The maximum atomic E-state index is 11.1. The molecule has 0 aliphatic heterocycles. The quantitative estimate of drug-likeness (QED) is 0.629. The summed E-state index contributed by atoms with van der Waals surface area (Å²) in [5, 5.41) is 2.85. The number of allylic oxidation sites excluding steroid dienone is 1. The molecule has 13 heavy (non-hydrogen) atoms. The second kappa shape index (κ2) is 5.62. The molecular weight excluding hydrogens is 277 g/mol. The lowest BCUT2D eigenvalue weighted by Crippen LogP contribution is -2.25. The monoisotopic (exact) mass is 295 g/mol. The van der Waals surface area contributed by atoms with E-state index in [1.807, 2.05) is 6.92 Å². The van der Waals surface area contributed by atoms with Gasteiger partial charge in [-0.15, -0.1) is 0 Å². The van der Waals surface area contributed by atoms with Crippen molar-refractivity contribution in [2.45, 2.75) is 34.1 Å². The molecule has 0 aromatic heterocycles. The molecule has 0 saturated heterocycles. The minimum absolute atomic E-state index is 0.0103. The molecule has 0 aromatic rings. The lowest BCUT2D eigenvalue weighted by Gasteiger charge is -2.17. The van der Waals surface area contributed by atoms with Gasteiger partial charge in [0.25, 0.3) is 0 Å². The molecule has 3 heteroatoms. The summed E-state index contributed by atoms with van der Waals surface area (Å²) >= 11 is 2.13. The van der Waals surface area contributed by atoms with E-state index in [0.29, 0.717) is 0 Å². The molecule has 0 aliphatic rings. The van der Waals surface area contributed by atoms with Gasteiger partial charge >= 0.3 is 0 Å². The van der Waals surface area contributed by atoms with Gasteiger partial charge < -0.3 is 5.32 Å². The standard InChI is InChI=1S/C10H18INO/c1-8(11)7-9(13)12-6-5-10(2,3)4/h7H,5-6H2,1-4H3,(H,12,13). The highest BCUT2D eigenvalue weighted by Gasteiger charge is 2.09. The molecule has 2 nitrogen and oxygen atoms in total. The van der Waals surface area contributed by atoms with E-state index in [-0.39, 0.29) is 11.3 Å². The Morgan fingerprint density at radius 3 is 2.38 bits per heavy atom. The van der Waals surface area contributed by atoms with Crippen LogP contribution in [0, 0.1) is 5.41 Å². The number of carbonyl (C=O) groups excluding carboxylic acids is 1. The molecule has 0 fully saturated rings. The molecule has 0 unspecified atom stereocenters. The van der Waals surface area contributed by atoms with Crippen LogP contribution < -0.4 is 5.32 Å². The van der Waals surface area contributed by atoms with E-state index in [0.717, 1.165) is 16.5 Å². The first-order chi connectivity index (χ1) is 5.81. The van der Waals surface area contributed by atoms with Gasteiger partial charge in [-0.05, 0) is 44.9 Å². The largest absolute Gasteiger partial charge is 0.353 e. The molecule has 0 rings (SSSR count). The summed E-state index contributed by atoms with van der Waals surface area (Å²) in [6.45, 7) is 9.16. The van der Waals surface area contributed by atoms with E-state index in [9.17, 15) is 4.79 Å². The van der Waals surface area contributed by atoms with Crippen LogP contribution in [0.25, 0.3) is 0 Å². The van der Waals surface area contributed by atoms with Crippen molar-refractivity contribution in [3.8, 4) is 0 Å². The Morgan fingerprint density at radius 1 is 1.46 bits per heavy atom. The first-order valence-corrected chi connectivity index (χ1v) is 5.51. The molecule has 0 heterocycles. The van der Waals surface area contributed by atoms with E-state index in [4.69, 9.17) is 0 Å². The van der Waals surface area contributed by atoms with E-state index < -0.39 is 0 Å². The van der Waals surface area contributed by atoms with Gasteiger partial charge in [0.1, 0.15) is 0 Å². The molecule has 0 saturated carbocycles. The first kappa shape index (κ1) is 12.9. The Labute approximate surface area is 94.3 Å². The number of carbonyl (C=O) groups is 1. The van der Waals surface area contributed by atoms with Crippen LogP contribution in [0.1, 0.15) is 34.1 Å². The van der Waals surface area contributed by atoms with Gasteiger partial charge in [-0.2, -0.15) is 0 Å². The maximum Gasteiger partial charge on any atom is 0.244 e. The minimum atomic E-state index is 0.0103. The van der Waals surface area contributed by atoms with Crippen molar-refractivity contribution in [2.24, 2.45) is 5.41 Å². The molecule has 76 valence electrons. The summed E-state index contributed by atoms with van der Waals surface area (Å²) in [6, 6.07) is 0. The zero-order valence-corrected chi connectivity index (χ0v) is 10.9. The van der Waals surface area contributed by atoms with Gasteiger partial charge in [-0.3, -0.25) is 4.79 Å². The fraction of sp³-hybridized carbons (Fsp3) is 0.700. The third-order valence-electron chi connectivity index (χ3n) is 1.50. The zero-order chi connectivity index (χ0) is 10.5. The van der Waals surface area contributed by atoms with Crippen molar-refractivity contribution < 1.29 is 4.79 Å². The van der Waals surface area contributed by atoms with Crippen LogP contribution in [-0.4, -0.2) is 12.5 Å². The van der Waals surface area contributed by atoms with Gasteiger partial charge in [-0.25, -0.2) is 0 Å². The minimum Gasteiger partial charge on any atom is -0.353 e. The van der Waals surface area contributed by atoms with Crippen molar-refractivity contribution in [1.82, 2.24) is 5.32 Å². The summed E-state index contributed by atoms with van der Waals surface area (Å²) in [6.07, 6.45) is 2.62. The Bertz CT molecular complexity index is 199.